The Kier molecular flexibility index (Phi) is 3.11. The van der Waals surface area contributed by atoms with Crippen LogP contribution in [0.1, 0.15) is 47.2 Å². The summed E-state index contributed by atoms with van der Waals surface area (Å²) in [5.41, 5.74) is 3.30. The number of nitrogens with zero attached hydrogens (tertiary/aromatic N) is 3. The molecule has 1 aliphatic heterocycles. The van der Waals surface area contributed by atoms with E-state index in [0.29, 0.717) is 5.82 Å². The van der Waals surface area contributed by atoms with Gasteiger partial charge in [-0.25, -0.2) is 9.67 Å². The van der Waals surface area contributed by atoms with Gasteiger partial charge in [0.25, 0.3) is 0 Å². The number of ketones is 1. The lowest BCUT2D eigenvalue weighted by Crippen LogP contribution is -2.29. The molecule has 4 nitrogen and oxygen atoms in total. The SMILES string of the molecule is CC(=O)[C@H]1c2ccccc2[C@H](c2ccccc2)n2nc(C)nc21. The molecular weight excluding hydrogens is 286 g/mol. The highest BCUT2D eigenvalue weighted by molar-refractivity contribution is 5.87. The highest BCUT2D eigenvalue weighted by Gasteiger charge is 2.37. The topological polar surface area (TPSA) is 47.8 Å². The summed E-state index contributed by atoms with van der Waals surface area (Å²) in [5.74, 6) is 1.19. The van der Waals surface area contributed by atoms with Crippen molar-refractivity contribution >= 4 is 5.78 Å². The molecular formula is C19H17N3O. The van der Waals surface area contributed by atoms with Crippen LogP contribution in [0.2, 0.25) is 0 Å². The molecule has 0 bridgehead atoms. The van der Waals surface area contributed by atoms with Gasteiger partial charge in [-0.15, -0.1) is 0 Å². The Balaban J connectivity index is 2.02. The second kappa shape index (κ2) is 5.16. The van der Waals surface area contributed by atoms with Crippen LogP contribution in [0.4, 0.5) is 0 Å². The van der Waals surface area contributed by atoms with Gasteiger partial charge in [0, 0.05) is 0 Å². The van der Waals surface area contributed by atoms with Crippen LogP contribution in [-0.4, -0.2) is 20.5 Å². The molecule has 1 aromatic heterocycles. The molecule has 4 rings (SSSR count). The molecule has 0 unspecified atom stereocenters. The highest BCUT2D eigenvalue weighted by atomic mass is 16.1. The van der Waals surface area contributed by atoms with Gasteiger partial charge in [-0.3, -0.25) is 4.79 Å². The largest absolute Gasteiger partial charge is 0.299 e. The molecule has 0 spiro atoms. The minimum Gasteiger partial charge on any atom is -0.299 e. The molecule has 114 valence electrons. The molecule has 0 saturated heterocycles. The van der Waals surface area contributed by atoms with Crippen molar-refractivity contribution in [1.82, 2.24) is 14.8 Å². The third kappa shape index (κ3) is 2.10. The average Bonchev–Trinajstić information content (AvgIpc) is 2.93. The van der Waals surface area contributed by atoms with E-state index >= 15 is 0 Å². The minimum absolute atomic E-state index is 0.0424. The molecule has 4 heteroatoms. The van der Waals surface area contributed by atoms with Crippen molar-refractivity contribution in [3.05, 3.63) is 82.9 Å². The molecule has 2 heterocycles. The first kappa shape index (κ1) is 13.9. The van der Waals surface area contributed by atoms with Crippen molar-refractivity contribution in [2.45, 2.75) is 25.8 Å². The number of fused-ring (bicyclic) bond motifs is 2. The molecule has 23 heavy (non-hydrogen) atoms. The monoisotopic (exact) mass is 303 g/mol. The number of aromatic nitrogens is 3. The van der Waals surface area contributed by atoms with Crippen LogP contribution >= 0.6 is 0 Å². The van der Waals surface area contributed by atoms with E-state index in [0.717, 1.165) is 22.5 Å². The summed E-state index contributed by atoms with van der Waals surface area (Å²) in [6.07, 6.45) is 0. The van der Waals surface area contributed by atoms with E-state index in [9.17, 15) is 4.79 Å². The number of aryl methyl sites for hydroxylation is 1. The zero-order valence-electron chi connectivity index (χ0n) is 13.1. The lowest BCUT2D eigenvalue weighted by atomic mass is 9.82. The summed E-state index contributed by atoms with van der Waals surface area (Å²) >= 11 is 0. The Labute approximate surface area is 134 Å². The molecule has 0 amide bonds. The Hall–Kier alpha value is -2.75. The standard InChI is InChI=1S/C19H17N3O/c1-12(23)17-15-10-6-7-11-16(15)18(14-8-4-3-5-9-14)22-19(17)20-13(2)21-22/h3-11,17-18H,1-2H3/t17-,18-/m0/s1. The van der Waals surface area contributed by atoms with Gasteiger partial charge in [0.15, 0.2) is 0 Å². The van der Waals surface area contributed by atoms with E-state index in [2.05, 4.69) is 28.3 Å². The number of hydrogen-bond donors (Lipinski definition) is 0. The zero-order valence-corrected chi connectivity index (χ0v) is 13.1. The van der Waals surface area contributed by atoms with Crippen LogP contribution in [0.25, 0.3) is 0 Å². The molecule has 0 aliphatic carbocycles. The average molecular weight is 303 g/mol. The van der Waals surface area contributed by atoms with Gasteiger partial charge >= 0.3 is 0 Å². The van der Waals surface area contributed by atoms with E-state index < -0.39 is 0 Å². The maximum Gasteiger partial charge on any atom is 0.147 e. The van der Waals surface area contributed by atoms with Crippen LogP contribution in [0.5, 0.6) is 0 Å². The third-order valence-corrected chi connectivity index (χ3v) is 4.39. The molecule has 0 fully saturated rings. The van der Waals surface area contributed by atoms with Crippen molar-refractivity contribution in [2.24, 2.45) is 0 Å². The number of hydrogen-bond acceptors (Lipinski definition) is 3. The highest BCUT2D eigenvalue weighted by Crippen LogP contribution is 2.41. The third-order valence-electron chi connectivity index (χ3n) is 4.39. The zero-order chi connectivity index (χ0) is 16.0. The van der Waals surface area contributed by atoms with Gasteiger partial charge in [0.05, 0.1) is 0 Å². The van der Waals surface area contributed by atoms with E-state index in [1.54, 1.807) is 6.92 Å². The second-order valence-corrected chi connectivity index (χ2v) is 5.95. The van der Waals surface area contributed by atoms with Crippen LogP contribution in [0.3, 0.4) is 0 Å². The fourth-order valence-corrected chi connectivity index (χ4v) is 3.48. The molecule has 0 saturated carbocycles. The van der Waals surface area contributed by atoms with E-state index in [4.69, 9.17) is 0 Å². The maximum absolute atomic E-state index is 12.3. The summed E-state index contributed by atoms with van der Waals surface area (Å²) in [6, 6.07) is 18.3. The predicted octanol–water partition coefficient (Wildman–Crippen LogP) is 3.26. The Bertz CT molecular complexity index is 883. The van der Waals surface area contributed by atoms with Gasteiger partial charge in [-0.1, -0.05) is 54.6 Å². The number of rotatable bonds is 2. The maximum atomic E-state index is 12.3. The number of carbonyl (C=O) groups excluding carboxylic acids is 1. The summed E-state index contributed by atoms with van der Waals surface area (Å²) < 4.78 is 1.92. The van der Waals surface area contributed by atoms with Crippen LogP contribution in [-0.2, 0) is 4.79 Å². The van der Waals surface area contributed by atoms with E-state index in [1.807, 2.05) is 48.0 Å². The lowest BCUT2D eigenvalue weighted by Gasteiger charge is -2.31. The molecule has 2 atom stereocenters. The Morgan fingerprint density at radius 3 is 2.35 bits per heavy atom. The number of carbonyl (C=O) groups is 1. The van der Waals surface area contributed by atoms with E-state index in [-0.39, 0.29) is 17.7 Å². The molecule has 1 aliphatic rings. The molecule has 3 aromatic rings. The Morgan fingerprint density at radius 2 is 1.65 bits per heavy atom. The first-order valence-corrected chi connectivity index (χ1v) is 7.74. The van der Waals surface area contributed by atoms with Crippen molar-refractivity contribution in [3.8, 4) is 0 Å². The van der Waals surface area contributed by atoms with Crippen molar-refractivity contribution in [2.75, 3.05) is 0 Å². The van der Waals surface area contributed by atoms with Gasteiger partial charge < -0.3 is 0 Å². The van der Waals surface area contributed by atoms with Gasteiger partial charge in [0.2, 0.25) is 0 Å². The smallest absolute Gasteiger partial charge is 0.147 e. The van der Waals surface area contributed by atoms with Crippen molar-refractivity contribution < 1.29 is 4.79 Å². The van der Waals surface area contributed by atoms with Crippen LogP contribution in [0.15, 0.2) is 54.6 Å². The minimum atomic E-state index is -0.340. The van der Waals surface area contributed by atoms with Crippen LogP contribution in [0, 0.1) is 6.92 Å². The van der Waals surface area contributed by atoms with Gasteiger partial charge in [-0.2, -0.15) is 5.10 Å². The summed E-state index contributed by atoms with van der Waals surface area (Å²) in [6.45, 7) is 3.49. The Morgan fingerprint density at radius 1 is 1.00 bits per heavy atom. The van der Waals surface area contributed by atoms with Gasteiger partial charge in [-0.05, 0) is 30.5 Å². The van der Waals surface area contributed by atoms with Crippen LogP contribution < -0.4 is 0 Å². The lowest BCUT2D eigenvalue weighted by molar-refractivity contribution is -0.117. The van der Waals surface area contributed by atoms with Crippen molar-refractivity contribution in [3.63, 3.8) is 0 Å². The fourth-order valence-electron chi connectivity index (χ4n) is 3.48. The first-order valence-electron chi connectivity index (χ1n) is 7.74. The summed E-state index contributed by atoms with van der Waals surface area (Å²) in [4.78, 5) is 16.9. The second-order valence-electron chi connectivity index (χ2n) is 5.95. The normalized spacial score (nSPS) is 19.0. The predicted molar refractivity (Wildman–Crippen MR) is 87.4 cm³/mol. The first-order chi connectivity index (χ1) is 11.2. The van der Waals surface area contributed by atoms with Gasteiger partial charge in [0.1, 0.15) is 29.4 Å². The van der Waals surface area contributed by atoms with Crippen molar-refractivity contribution in [1.29, 1.82) is 0 Å². The summed E-state index contributed by atoms with van der Waals surface area (Å²) in [7, 11) is 0. The summed E-state index contributed by atoms with van der Waals surface area (Å²) in [5, 5.41) is 4.59. The van der Waals surface area contributed by atoms with E-state index in [1.165, 1.54) is 0 Å². The molecule has 0 N–H and O–H groups in total. The number of Topliss-reactive ketones (excluding diaryl/α,β-unsaturated/α-hetero) is 1. The quantitative estimate of drug-likeness (QED) is 0.730. The molecule has 2 aromatic carbocycles. The fraction of sp³-hybridized carbons (Fsp3) is 0.211. The number of benzene rings is 2. The molecule has 0 radical (unpaired) electrons.